The fraction of sp³-hybridized carbons (Fsp3) is 0.278. The second kappa shape index (κ2) is 7.90. The molecule has 0 radical (unpaired) electrons. The summed E-state index contributed by atoms with van der Waals surface area (Å²) in [4.78, 5) is 4.16. The molecule has 1 unspecified atom stereocenters. The first-order valence-electron chi connectivity index (χ1n) is 8.29. The van der Waals surface area contributed by atoms with Gasteiger partial charge in [-0.25, -0.2) is 8.78 Å². The molecule has 6 nitrogen and oxygen atoms in total. The summed E-state index contributed by atoms with van der Waals surface area (Å²) in [7, 11) is 1.65. The average molecular weight is 358 g/mol. The van der Waals surface area contributed by atoms with Crippen molar-refractivity contribution in [1.82, 2.24) is 25.2 Å². The largest absolute Gasteiger partial charge is 0.356 e. The Morgan fingerprint density at radius 2 is 2.04 bits per heavy atom. The monoisotopic (exact) mass is 358 g/mol. The maximum atomic E-state index is 13.4. The molecular formula is C18H20F2N6. The first-order chi connectivity index (χ1) is 12.6. The maximum Gasteiger partial charge on any atom is 0.191 e. The van der Waals surface area contributed by atoms with Gasteiger partial charge in [0.2, 0.25) is 0 Å². The molecule has 0 aliphatic heterocycles. The molecule has 0 saturated heterocycles. The third kappa shape index (κ3) is 3.96. The highest BCUT2D eigenvalue weighted by Gasteiger charge is 2.11. The first kappa shape index (κ1) is 17.8. The van der Waals surface area contributed by atoms with E-state index in [2.05, 4.69) is 25.8 Å². The predicted octanol–water partition coefficient (Wildman–Crippen LogP) is 2.48. The van der Waals surface area contributed by atoms with Crippen molar-refractivity contribution in [3.8, 4) is 0 Å². The number of aliphatic imine (C=N–C) groups is 1. The minimum atomic E-state index is -0.863. The van der Waals surface area contributed by atoms with E-state index in [1.165, 1.54) is 6.07 Å². The van der Waals surface area contributed by atoms with E-state index < -0.39 is 11.6 Å². The Balaban J connectivity index is 1.57. The van der Waals surface area contributed by atoms with Gasteiger partial charge in [0.1, 0.15) is 5.82 Å². The van der Waals surface area contributed by atoms with Gasteiger partial charge in [0.15, 0.2) is 23.2 Å². The number of pyridine rings is 1. The van der Waals surface area contributed by atoms with Crippen LogP contribution in [0.25, 0.3) is 5.65 Å². The summed E-state index contributed by atoms with van der Waals surface area (Å²) in [5, 5.41) is 14.6. The number of hydrogen-bond donors (Lipinski definition) is 2. The Morgan fingerprint density at radius 1 is 1.19 bits per heavy atom. The zero-order valence-electron chi connectivity index (χ0n) is 14.6. The van der Waals surface area contributed by atoms with E-state index in [-0.39, 0.29) is 6.04 Å². The summed E-state index contributed by atoms with van der Waals surface area (Å²) >= 11 is 0. The van der Waals surface area contributed by atoms with Gasteiger partial charge in [-0.05, 0) is 36.8 Å². The Hall–Kier alpha value is -3.03. The highest BCUT2D eigenvalue weighted by molar-refractivity contribution is 5.80. The quantitative estimate of drug-likeness (QED) is 0.543. The lowest BCUT2D eigenvalue weighted by Gasteiger charge is -2.18. The fourth-order valence-electron chi connectivity index (χ4n) is 2.62. The van der Waals surface area contributed by atoms with Crippen LogP contribution in [0.2, 0.25) is 0 Å². The number of rotatable bonds is 5. The number of guanidine groups is 1. The number of nitrogens with one attached hydrogen (secondary N) is 2. The van der Waals surface area contributed by atoms with Crippen LogP contribution < -0.4 is 10.6 Å². The molecule has 0 aliphatic rings. The van der Waals surface area contributed by atoms with Crippen LogP contribution in [0, 0.1) is 11.6 Å². The molecule has 1 atom stereocenters. The summed E-state index contributed by atoms with van der Waals surface area (Å²) < 4.78 is 28.4. The van der Waals surface area contributed by atoms with Crippen molar-refractivity contribution in [3.63, 3.8) is 0 Å². The fourth-order valence-corrected chi connectivity index (χ4v) is 2.62. The number of nitrogens with zero attached hydrogens (tertiary/aromatic N) is 4. The van der Waals surface area contributed by atoms with Gasteiger partial charge < -0.3 is 10.6 Å². The van der Waals surface area contributed by atoms with Crippen molar-refractivity contribution in [3.05, 3.63) is 65.6 Å². The summed E-state index contributed by atoms with van der Waals surface area (Å²) in [5.41, 5.74) is 1.44. The summed E-state index contributed by atoms with van der Waals surface area (Å²) in [6.07, 6.45) is 2.58. The molecule has 1 aromatic carbocycles. The highest BCUT2D eigenvalue weighted by Crippen LogP contribution is 2.15. The molecule has 3 rings (SSSR count). The topological polar surface area (TPSA) is 66.6 Å². The number of benzene rings is 1. The van der Waals surface area contributed by atoms with E-state index in [9.17, 15) is 8.78 Å². The Morgan fingerprint density at radius 3 is 2.81 bits per heavy atom. The lowest BCUT2D eigenvalue weighted by Crippen LogP contribution is -2.39. The van der Waals surface area contributed by atoms with Crippen molar-refractivity contribution in [2.24, 2.45) is 4.99 Å². The minimum Gasteiger partial charge on any atom is -0.356 e. The number of fused-ring (bicyclic) bond motifs is 1. The molecule has 0 fully saturated rings. The third-order valence-corrected chi connectivity index (χ3v) is 4.05. The molecule has 0 bridgehead atoms. The molecule has 2 heterocycles. The van der Waals surface area contributed by atoms with Gasteiger partial charge in [0, 0.05) is 26.2 Å². The van der Waals surface area contributed by atoms with Crippen LogP contribution in [-0.2, 0) is 6.42 Å². The average Bonchev–Trinajstić information content (AvgIpc) is 3.06. The SMILES string of the molecule is CN=C(NCCc1nnc2ccccn12)NC(C)c1ccc(F)c(F)c1. The van der Waals surface area contributed by atoms with Crippen molar-refractivity contribution < 1.29 is 8.78 Å². The van der Waals surface area contributed by atoms with Gasteiger partial charge in [-0.15, -0.1) is 10.2 Å². The summed E-state index contributed by atoms with van der Waals surface area (Å²) in [6.45, 7) is 2.45. The normalized spacial score (nSPS) is 13.0. The van der Waals surface area contributed by atoms with E-state index in [0.717, 1.165) is 17.5 Å². The van der Waals surface area contributed by atoms with Crippen LogP contribution in [0.15, 0.2) is 47.6 Å². The third-order valence-electron chi connectivity index (χ3n) is 4.05. The zero-order chi connectivity index (χ0) is 18.5. The number of halogens is 2. The Labute approximate surface area is 150 Å². The molecular weight excluding hydrogens is 338 g/mol. The summed E-state index contributed by atoms with van der Waals surface area (Å²) in [6, 6.07) is 9.36. The lowest BCUT2D eigenvalue weighted by atomic mass is 10.1. The maximum absolute atomic E-state index is 13.4. The Bertz CT molecular complexity index is 921. The van der Waals surface area contributed by atoms with Gasteiger partial charge >= 0.3 is 0 Å². The molecule has 2 aromatic heterocycles. The molecule has 3 aromatic rings. The van der Waals surface area contributed by atoms with Crippen molar-refractivity contribution >= 4 is 11.6 Å². The Kier molecular flexibility index (Phi) is 5.40. The molecule has 2 N–H and O–H groups in total. The van der Waals surface area contributed by atoms with Crippen LogP contribution >= 0.6 is 0 Å². The predicted molar refractivity (Wildman–Crippen MR) is 96.0 cm³/mol. The molecule has 0 spiro atoms. The van der Waals surface area contributed by atoms with Crippen LogP contribution in [0.1, 0.15) is 24.4 Å². The van der Waals surface area contributed by atoms with E-state index in [4.69, 9.17) is 0 Å². The van der Waals surface area contributed by atoms with Gasteiger partial charge in [-0.2, -0.15) is 0 Å². The molecule has 0 amide bonds. The second-order valence-corrected chi connectivity index (χ2v) is 5.83. The van der Waals surface area contributed by atoms with Crippen molar-refractivity contribution in [2.45, 2.75) is 19.4 Å². The van der Waals surface area contributed by atoms with Crippen LogP contribution in [-0.4, -0.2) is 34.2 Å². The van der Waals surface area contributed by atoms with Crippen LogP contribution in [0.3, 0.4) is 0 Å². The van der Waals surface area contributed by atoms with Crippen LogP contribution in [0.4, 0.5) is 8.78 Å². The van der Waals surface area contributed by atoms with Gasteiger partial charge in [-0.3, -0.25) is 9.39 Å². The minimum absolute atomic E-state index is 0.231. The lowest BCUT2D eigenvalue weighted by molar-refractivity contribution is 0.504. The molecule has 0 aliphatic carbocycles. The van der Waals surface area contributed by atoms with Crippen molar-refractivity contribution in [2.75, 3.05) is 13.6 Å². The molecule has 8 heteroatoms. The van der Waals surface area contributed by atoms with E-state index in [1.54, 1.807) is 13.1 Å². The highest BCUT2D eigenvalue weighted by atomic mass is 19.2. The number of hydrogen-bond acceptors (Lipinski definition) is 3. The first-order valence-corrected chi connectivity index (χ1v) is 8.29. The zero-order valence-corrected chi connectivity index (χ0v) is 14.6. The molecule has 0 saturated carbocycles. The smallest absolute Gasteiger partial charge is 0.191 e. The van der Waals surface area contributed by atoms with E-state index in [1.807, 2.05) is 35.7 Å². The van der Waals surface area contributed by atoms with Crippen molar-refractivity contribution in [1.29, 1.82) is 0 Å². The second-order valence-electron chi connectivity index (χ2n) is 5.83. The van der Waals surface area contributed by atoms with Gasteiger partial charge in [0.25, 0.3) is 0 Å². The van der Waals surface area contributed by atoms with E-state index >= 15 is 0 Å². The summed E-state index contributed by atoms with van der Waals surface area (Å²) in [5.74, 6) is -0.310. The standard InChI is InChI=1S/C18H20F2N6/c1-12(13-6-7-14(19)15(20)11-13)23-18(21-2)22-9-8-17-25-24-16-5-3-4-10-26(16)17/h3-7,10-12H,8-9H2,1-2H3,(H2,21,22,23). The van der Waals surface area contributed by atoms with E-state index in [0.29, 0.717) is 24.5 Å². The van der Waals surface area contributed by atoms with Gasteiger partial charge in [-0.1, -0.05) is 12.1 Å². The number of aromatic nitrogens is 3. The van der Waals surface area contributed by atoms with Crippen LogP contribution in [0.5, 0.6) is 0 Å². The molecule has 26 heavy (non-hydrogen) atoms. The molecule has 136 valence electrons. The van der Waals surface area contributed by atoms with Gasteiger partial charge in [0.05, 0.1) is 6.04 Å².